The Morgan fingerprint density at radius 2 is 2.13 bits per heavy atom. The van der Waals surface area contributed by atoms with Crippen molar-refractivity contribution in [3.63, 3.8) is 0 Å². The fraction of sp³-hybridized carbons (Fsp3) is 1.00. The average Bonchev–Trinajstić information content (AvgIpc) is 2.15. The van der Waals surface area contributed by atoms with Gasteiger partial charge in [0.25, 0.3) is 0 Å². The van der Waals surface area contributed by atoms with Crippen LogP contribution in [-0.2, 0) is 15.5 Å². The first kappa shape index (κ1) is 16.0. The summed E-state index contributed by atoms with van der Waals surface area (Å²) in [5, 5.41) is 3.33. The van der Waals surface area contributed by atoms with Crippen molar-refractivity contribution >= 4 is 11.4 Å². The molecule has 6 heteroatoms. The topological polar surface area (TPSA) is 61.4 Å². The quantitative estimate of drug-likeness (QED) is 0.459. The van der Waals surface area contributed by atoms with Crippen molar-refractivity contribution in [2.75, 3.05) is 6.54 Å². The van der Waals surface area contributed by atoms with E-state index < -0.39 is 11.4 Å². The summed E-state index contributed by atoms with van der Waals surface area (Å²) in [6.07, 6.45) is 6.02. The van der Waals surface area contributed by atoms with Gasteiger partial charge in [-0.3, -0.25) is 4.18 Å². The summed E-state index contributed by atoms with van der Waals surface area (Å²) in [4.78, 5) is 0. The van der Waals surface area contributed by atoms with E-state index in [2.05, 4.69) is 9.50 Å². The van der Waals surface area contributed by atoms with Crippen LogP contribution in [-0.4, -0.2) is 27.5 Å². The maximum atomic E-state index is 10.2. The molecule has 1 N–H and O–H groups in total. The van der Waals surface area contributed by atoms with Crippen molar-refractivity contribution in [2.24, 2.45) is 0 Å². The Bertz CT molecular complexity index is 194. The smallest absolute Gasteiger partial charge is 1.00 e. The van der Waals surface area contributed by atoms with Crippen molar-refractivity contribution < 1.29 is 43.9 Å². The van der Waals surface area contributed by atoms with Gasteiger partial charge < -0.3 is 11.3 Å². The van der Waals surface area contributed by atoms with Gasteiger partial charge in [-0.05, 0) is 19.8 Å². The van der Waals surface area contributed by atoms with E-state index in [1.807, 2.05) is 0 Å². The fourth-order valence-electron chi connectivity index (χ4n) is 1.81. The Labute approximate surface area is 118 Å². The molecular formula is C9H19NNaO3S-. The maximum Gasteiger partial charge on any atom is 1.00 e. The van der Waals surface area contributed by atoms with Crippen LogP contribution in [0.15, 0.2) is 0 Å². The Morgan fingerprint density at radius 3 is 2.67 bits per heavy atom. The van der Waals surface area contributed by atoms with Gasteiger partial charge in [0.2, 0.25) is 0 Å². The zero-order valence-electron chi connectivity index (χ0n) is 10.5. The second-order valence-corrected chi connectivity index (χ2v) is 4.45. The minimum atomic E-state index is -2.39. The first-order valence-corrected chi connectivity index (χ1v) is 6.18. The van der Waals surface area contributed by atoms with Crippen molar-refractivity contribution in [3.8, 4) is 0 Å². The van der Waals surface area contributed by atoms with E-state index in [0.29, 0.717) is 12.6 Å². The van der Waals surface area contributed by atoms with E-state index in [1.54, 1.807) is 6.92 Å². The Hall–Kier alpha value is 1.03. The molecule has 1 aliphatic rings. The summed E-state index contributed by atoms with van der Waals surface area (Å²) < 4.78 is 25.0. The molecule has 4 nitrogen and oxygen atoms in total. The predicted octanol–water partition coefficient (Wildman–Crippen LogP) is -1.78. The van der Waals surface area contributed by atoms with E-state index in [4.69, 9.17) is 0 Å². The molecule has 0 heterocycles. The summed E-state index contributed by atoms with van der Waals surface area (Å²) in [5.41, 5.74) is 0. The molecule has 0 aromatic carbocycles. The van der Waals surface area contributed by atoms with E-state index in [9.17, 15) is 8.76 Å². The zero-order valence-corrected chi connectivity index (χ0v) is 12.3. The van der Waals surface area contributed by atoms with E-state index >= 15 is 0 Å². The van der Waals surface area contributed by atoms with Crippen LogP contribution in [0, 0.1) is 0 Å². The van der Waals surface area contributed by atoms with E-state index in [1.165, 1.54) is 32.1 Å². The van der Waals surface area contributed by atoms with Crippen LogP contribution in [0.4, 0.5) is 0 Å². The maximum absolute atomic E-state index is 10.2. The van der Waals surface area contributed by atoms with Crippen LogP contribution >= 0.6 is 0 Å². The fourth-order valence-corrected chi connectivity index (χ4v) is 2.14. The van der Waals surface area contributed by atoms with E-state index in [0.717, 1.165) is 0 Å². The van der Waals surface area contributed by atoms with Gasteiger partial charge in [0.1, 0.15) is 0 Å². The number of rotatable bonds is 5. The summed E-state index contributed by atoms with van der Waals surface area (Å²) in [6.45, 7) is 2.37. The third-order valence-electron chi connectivity index (χ3n) is 2.54. The summed E-state index contributed by atoms with van der Waals surface area (Å²) in [7, 11) is 0. The van der Waals surface area contributed by atoms with Crippen molar-refractivity contribution in [1.29, 1.82) is 0 Å². The minimum Gasteiger partial charge on any atom is -1.00 e. The van der Waals surface area contributed by atoms with Gasteiger partial charge in [-0.15, -0.1) is 0 Å². The van der Waals surface area contributed by atoms with Gasteiger partial charge in [-0.25, -0.2) is 4.21 Å². The molecular weight excluding hydrogens is 225 g/mol. The second kappa shape index (κ2) is 9.10. The van der Waals surface area contributed by atoms with Crippen LogP contribution < -0.4 is 34.9 Å². The van der Waals surface area contributed by atoms with Gasteiger partial charge in [-0.1, -0.05) is 19.3 Å². The van der Waals surface area contributed by atoms with Crippen LogP contribution in [0.3, 0.4) is 0 Å². The molecule has 1 saturated carbocycles. The minimum absolute atomic E-state index is 0. The monoisotopic (exact) mass is 244 g/mol. The molecule has 0 aromatic heterocycles. The third kappa shape index (κ3) is 7.85. The second-order valence-electron chi connectivity index (χ2n) is 3.85. The first-order valence-electron chi connectivity index (χ1n) is 5.18. The molecule has 0 aromatic rings. The van der Waals surface area contributed by atoms with Crippen LogP contribution in [0.5, 0.6) is 0 Å². The van der Waals surface area contributed by atoms with Crippen LogP contribution in [0.25, 0.3) is 0 Å². The van der Waals surface area contributed by atoms with Crippen molar-refractivity contribution in [2.45, 2.75) is 51.2 Å². The van der Waals surface area contributed by atoms with Crippen molar-refractivity contribution in [1.82, 2.24) is 5.32 Å². The van der Waals surface area contributed by atoms with E-state index in [-0.39, 0.29) is 37.1 Å². The Morgan fingerprint density at radius 1 is 1.53 bits per heavy atom. The van der Waals surface area contributed by atoms with Gasteiger partial charge in [0.15, 0.2) is 0 Å². The molecule has 1 aliphatic carbocycles. The third-order valence-corrected chi connectivity index (χ3v) is 3.03. The van der Waals surface area contributed by atoms with Crippen molar-refractivity contribution in [3.05, 3.63) is 0 Å². The van der Waals surface area contributed by atoms with Crippen LogP contribution in [0.2, 0.25) is 0 Å². The molecule has 1 rings (SSSR count). The summed E-state index contributed by atoms with van der Waals surface area (Å²) in [6, 6.07) is 0.551. The predicted molar refractivity (Wildman–Crippen MR) is 55.5 cm³/mol. The molecule has 0 aliphatic heterocycles. The first-order chi connectivity index (χ1) is 6.68. The van der Waals surface area contributed by atoms with Gasteiger partial charge in [0.05, 0.1) is 17.5 Å². The van der Waals surface area contributed by atoms with Crippen LogP contribution in [0.1, 0.15) is 40.5 Å². The molecule has 15 heavy (non-hydrogen) atoms. The molecule has 1 fully saturated rings. The molecule has 0 spiro atoms. The number of hydrogen-bond acceptors (Lipinski definition) is 4. The molecule has 0 radical (unpaired) electrons. The summed E-state index contributed by atoms with van der Waals surface area (Å²) >= 11 is -2.39. The van der Waals surface area contributed by atoms with Gasteiger partial charge in [0, 0.05) is 12.6 Å². The molecule has 0 bridgehead atoms. The molecule has 0 amide bonds. The van der Waals surface area contributed by atoms with Gasteiger partial charge in [-0.2, -0.15) is 0 Å². The standard InChI is InChI=1S/C9H19NO3S.Na.H/c1-8(13-14(11)12)7-10-9-5-3-2-4-6-9;;/h8-10H,2-7H2,1H3,(H,11,12);;/q;+1;-1/p-1. The number of hydrogen-bond donors (Lipinski definition) is 1. The van der Waals surface area contributed by atoms with Gasteiger partial charge >= 0.3 is 29.6 Å². The largest absolute Gasteiger partial charge is 1.00 e. The normalized spacial score (nSPS) is 21.7. The molecule has 2 unspecified atom stereocenters. The Kier molecular flexibility index (Phi) is 9.73. The molecule has 86 valence electrons. The zero-order chi connectivity index (χ0) is 10.4. The molecule has 0 saturated heterocycles. The molecule has 2 atom stereocenters. The SMILES string of the molecule is CC(CNC1CCCCC1)OS(=O)[O-].[H-].[Na+]. The average molecular weight is 244 g/mol. The Balaban J connectivity index is 0. The number of nitrogens with one attached hydrogen (secondary N) is 1. The summed E-state index contributed by atoms with van der Waals surface area (Å²) in [5.74, 6) is 0.